The van der Waals surface area contributed by atoms with E-state index in [1.807, 2.05) is 13.8 Å². The van der Waals surface area contributed by atoms with Crippen LogP contribution in [0.1, 0.15) is 46.0 Å². The zero-order valence-corrected chi connectivity index (χ0v) is 16.3. The Morgan fingerprint density at radius 3 is 2.30 bits per heavy atom. The number of ether oxygens (including phenoxy) is 2. The van der Waals surface area contributed by atoms with Crippen molar-refractivity contribution in [1.82, 2.24) is 0 Å². The van der Waals surface area contributed by atoms with E-state index in [2.05, 4.69) is 0 Å². The summed E-state index contributed by atoms with van der Waals surface area (Å²) >= 11 is 0. The first kappa shape index (κ1) is 20.3. The molecule has 27 heavy (non-hydrogen) atoms. The van der Waals surface area contributed by atoms with Crippen molar-refractivity contribution in [3.8, 4) is 5.75 Å². The predicted octanol–water partition coefficient (Wildman–Crippen LogP) is 2.57. The molecule has 1 aromatic rings. The standard InChI is InChI=1S/C19H26O7S/c1-3-19(21,4-2)11-12-9-17-15(10-16(12)26-17)18(20)25-13-5-7-14(8-6-13)27(22,23)24/h5-8,12,15-17,21H,3-4,9-11H2,1-2H3,(H,22,23,24). The molecule has 2 aliphatic heterocycles. The number of hydrogen-bond acceptors (Lipinski definition) is 6. The minimum Gasteiger partial charge on any atom is -0.426 e. The highest BCUT2D eigenvalue weighted by atomic mass is 32.2. The van der Waals surface area contributed by atoms with Crippen LogP contribution in [0.3, 0.4) is 0 Å². The molecule has 7 nitrogen and oxygen atoms in total. The molecule has 2 fully saturated rings. The minimum absolute atomic E-state index is 0.0425. The molecule has 0 radical (unpaired) electrons. The van der Waals surface area contributed by atoms with Crippen molar-refractivity contribution in [3.63, 3.8) is 0 Å². The molecule has 0 amide bonds. The van der Waals surface area contributed by atoms with E-state index in [1.54, 1.807) is 0 Å². The normalized spacial score (nSPS) is 27.7. The molecule has 0 aromatic heterocycles. The van der Waals surface area contributed by atoms with Crippen molar-refractivity contribution in [2.75, 3.05) is 0 Å². The summed E-state index contributed by atoms with van der Waals surface area (Å²) in [5.41, 5.74) is -0.677. The Kier molecular flexibility index (Phi) is 5.63. The maximum atomic E-state index is 12.5. The molecule has 2 N–H and O–H groups in total. The molecule has 0 aliphatic carbocycles. The summed E-state index contributed by atoms with van der Waals surface area (Å²) < 4.78 is 42.4. The van der Waals surface area contributed by atoms with Gasteiger partial charge >= 0.3 is 5.97 Å². The van der Waals surface area contributed by atoms with E-state index in [1.165, 1.54) is 24.3 Å². The van der Waals surface area contributed by atoms with E-state index in [9.17, 15) is 18.3 Å². The van der Waals surface area contributed by atoms with Gasteiger partial charge < -0.3 is 14.6 Å². The topological polar surface area (TPSA) is 110 Å². The summed E-state index contributed by atoms with van der Waals surface area (Å²) in [5, 5.41) is 10.6. The van der Waals surface area contributed by atoms with Crippen LogP contribution in [-0.4, -0.2) is 41.9 Å². The Morgan fingerprint density at radius 1 is 1.19 bits per heavy atom. The van der Waals surface area contributed by atoms with Crippen LogP contribution in [0.15, 0.2) is 29.2 Å². The predicted molar refractivity (Wildman–Crippen MR) is 96.9 cm³/mol. The number of benzene rings is 1. The molecule has 1 aromatic carbocycles. The average Bonchev–Trinajstić information content (AvgIpc) is 3.21. The molecule has 150 valence electrons. The van der Waals surface area contributed by atoms with Gasteiger partial charge in [-0.1, -0.05) is 13.8 Å². The van der Waals surface area contributed by atoms with Crippen molar-refractivity contribution in [1.29, 1.82) is 0 Å². The van der Waals surface area contributed by atoms with Crippen LogP contribution < -0.4 is 4.74 Å². The Balaban J connectivity index is 1.58. The molecule has 2 bridgehead atoms. The Labute approximate surface area is 159 Å². The second-order valence-corrected chi connectivity index (χ2v) is 8.98. The molecule has 4 unspecified atom stereocenters. The number of hydrogen-bond donors (Lipinski definition) is 2. The van der Waals surface area contributed by atoms with Gasteiger partial charge in [-0.2, -0.15) is 8.42 Å². The molecule has 0 saturated carbocycles. The molecular weight excluding hydrogens is 372 g/mol. The van der Waals surface area contributed by atoms with Crippen LogP contribution >= 0.6 is 0 Å². The first-order chi connectivity index (χ1) is 12.6. The number of rotatable bonds is 7. The van der Waals surface area contributed by atoms with Crippen LogP contribution in [-0.2, 0) is 19.6 Å². The lowest BCUT2D eigenvalue weighted by atomic mass is 9.75. The van der Waals surface area contributed by atoms with E-state index < -0.39 is 21.7 Å². The lowest BCUT2D eigenvalue weighted by molar-refractivity contribution is -0.140. The van der Waals surface area contributed by atoms with Crippen LogP contribution in [0.2, 0.25) is 0 Å². The molecule has 2 heterocycles. The zero-order valence-electron chi connectivity index (χ0n) is 15.5. The van der Waals surface area contributed by atoms with Crippen LogP contribution in [0.25, 0.3) is 0 Å². The lowest BCUT2D eigenvalue weighted by Crippen LogP contribution is -2.36. The zero-order chi connectivity index (χ0) is 19.8. The third kappa shape index (κ3) is 4.34. The van der Waals surface area contributed by atoms with Crippen molar-refractivity contribution < 1.29 is 32.3 Å². The van der Waals surface area contributed by atoms with E-state index in [4.69, 9.17) is 14.0 Å². The van der Waals surface area contributed by atoms with Crippen LogP contribution in [0.4, 0.5) is 0 Å². The average molecular weight is 398 g/mol. The minimum atomic E-state index is -4.28. The highest BCUT2D eigenvalue weighted by Gasteiger charge is 2.51. The van der Waals surface area contributed by atoms with Gasteiger partial charge in [-0.3, -0.25) is 9.35 Å². The van der Waals surface area contributed by atoms with Crippen molar-refractivity contribution in [2.45, 2.75) is 68.7 Å². The second kappa shape index (κ2) is 7.50. The number of carbonyl (C=O) groups is 1. The number of carbonyl (C=O) groups excluding carboxylic acids is 1. The summed E-state index contributed by atoms with van der Waals surface area (Å²) in [4.78, 5) is 12.2. The third-order valence-electron chi connectivity index (χ3n) is 5.95. The Hall–Kier alpha value is -1.48. The van der Waals surface area contributed by atoms with E-state index in [-0.39, 0.29) is 34.7 Å². The lowest BCUT2D eigenvalue weighted by Gasteiger charge is -2.32. The van der Waals surface area contributed by atoms with Crippen molar-refractivity contribution in [2.24, 2.45) is 11.8 Å². The largest absolute Gasteiger partial charge is 0.426 e. The van der Waals surface area contributed by atoms with Crippen molar-refractivity contribution >= 4 is 16.1 Å². The van der Waals surface area contributed by atoms with Gasteiger partial charge in [0, 0.05) is 0 Å². The van der Waals surface area contributed by atoms with Gasteiger partial charge in [0.05, 0.1) is 28.6 Å². The quantitative estimate of drug-likeness (QED) is 0.413. The van der Waals surface area contributed by atoms with Gasteiger partial charge in [0.25, 0.3) is 10.1 Å². The Bertz CT molecular complexity index is 783. The first-order valence-corrected chi connectivity index (χ1v) is 10.8. The fourth-order valence-corrected chi connectivity index (χ4v) is 4.59. The smallest absolute Gasteiger partial charge is 0.317 e. The number of aliphatic hydroxyl groups is 1. The van der Waals surface area contributed by atoms with Gasteiger partial charge in [-0.25, -0.2) is 0 Å². The monoisotopic (exact) mass is 398 g/mol. The summed E-state index contributed by atoms with van der Waals surface area (Å²) in [6.45, 7) is 3.95. The van der Waals surface area contributed by atoms with Gasteiger partial charge in [-0.15, -0.1) is 0 Å². The van der Waals surface area contributed by atoms with Gasteiger partial charge in [-0.05, 0) is 62.3 Å². The molecule has 3 rings (SSSR count). The van der Waals surface area contributed by atoms with Gasteiger partial charge in [0.1, 0.15) is 5.75 Å². The molecule has 8 heteroatoms. The molecule has 2 aliphatic rings. The summed E-state index contributed by atoms with van der Waals surface area (Å²) in [7, 11) is -4.28. The van der Waals surface area contributed by atoms with Crippen LogP contribution in [0, 0.1) is 11.8 Å². The first-order valence-electron chi connectivity index (χ1n) is 9.32. The third-order valence-corrected chi connectivity index (χ3v) is 6.81. The second-order valence-electron chi connectivity index (χ2n) is 7.55. The van der Waals surface area contributed by atoms with Crippen molar-refractivity contribution in [3.05, 3.63) is 24.3 Å². The van der Waals surface area contributed by atoms with Crippen LogP contribution in [0.5, 0.6) is 5.75 Å². The number of esters is 1. The van der Waals surface area contributed by atoms with E-state index >= 15 is 0 Å². The van der Waals surface area contributed by atoms with Gasteiger partial charge in [0.15, 0.2) is 0 Å². The molecular formula is C19H26O7S. The highest BCUT2D eigenvalue weighted by molar-refractivity contribution is 7.85. The van der Waals surface area contributed by atoms with E-state index in [0.29, 0.717) is 25.7 Å². The summed E-state index contributed by atoms with van der Waals surface area (Å²) in [6, 6.07) is 5.03. The summed E-state index contributed by atoms with van der Waals surface area (Å²) in [6.07, 6.45) is 3.13. The number of fused-ring (bicyclic) bond motifs is 2. The van der Waals surface area contributed by atoms with E-state index in [0.717, 1.165) is 6.42 Å². The van der Waals surface area contributed by atoms with Gasteiger partial charge in [0.2, 0.25) is 0 Å². The molecule has 4 atom stereocenters. The molecule has 0 spiro atoms. The maximum absolute atomic E-state index is 12.5. The highest BCUT2D eigenvalue weighted by Crippen LogP contribution is 2.46. The summed E-state index contributed by atoms with van der Waals surface area (Å²) in [5.74, 6) is -0.290. The fourth-order valence-electron chi connectivity index (χ4n) is 4.11. The SMILES string of the molecule is CCC(O)(CC)CC1CC2OC1CC2C(=O)Oc1ccc(S(=O)(=O)O)cc1. The fraction of sp³-hybridized carbons (Fsp3) is 0.632. The maximum Gasteiger partial charge on any atom is 0.317 e. The Morgan fingerprint density at radius 2 is 1.81 bits per heavy atom. The molecule has 2 saturated heterocycles.